The second-order valence-electron chi connectivity index (χ2n) is 6.91. The van der Waals surface area contributed by atoms with Crippen molar-refractivity contribution in [3.05, 3.63) is 29.3 Å². The standard InChI is InChI=1S/C15H18F2N2.C2HF3O2/c16-15(17)13-6-12(7-14(13)15)19-11-2-1-9-3-4-18-8-10(9)5-11;3-2(4,5)1(6)7/h1-2,5,12-14,18-19H,3-4,6-8H2;(H,6,7). The lowest BCUT2D eigenvalue weighted by Gasteiger charge is -2.21. The van der Waals surface area contributed by atoms with Gasteiger partial charge in [0, 0.05) is 30.1 Å². The summed E-state index contributed by atoms with van der Waals surface area (Å²) in [7, 11) is 0. The van der Waals surface area contributed by atoms with Gasteiger partial charge in [-0.25, -0.2) is 13.6 Å². The van der Waals surface area contributed by atoms with Crippen LogP contribution in [-0.2, 0) is 17.8 Å². The van der Waals surface area contributed by atoms with Gasteiger partial charge >= 0.3 is 12.1 Å². The fraction of sp³-hybridized carbons (Fsp3) is 0.588. The lowest BCUT2D eigenvalue weighted by atomic mass is 10.00. The third-order valence-corrected chi connectivity index (χ3v) is 5.15. The normalized spacial score (nSPS) is 28.3. The molecule has 0 saturated heterocycles. The number of carboxylic acid groups (broad SMARTS) is 1. The molecule has 26 heavy (non-hydrogen) atoms. The number of rotatable bonds is 2. The van der Waals surface area contributed by atoms with Crippen LogP contribution in [0.5, 0.6) is 0 Å². The maximum absolute atomic E-state index is 13.1. The zero-order chi connectivity index (χ0) is 19.1. The van der Waals surface area contributed by atoms with Gasteiger partial charge in [-0.3, -0.25) is 0 Å². The van der Waals surface area contributed by atoms with Crippen LogP contribution in [0.1, 0.15) is 24.0 Å². The van der Waals surface area contributed by atoms with E-state index in [2.05, 4.69) is 28.8 Å². The van der Waals surface area contributed by atoms with E-state index in [-0.39, 0.29) is 17.9 Å². The topological polar surface area (TPSA) is 61.4 Å². The Bertz CT molecular complexity index is 678. The molecule has 2 saturated carbocycles. The van der Waals surface area contributed by atoms with Crippen molar-refractivity contribution in [2.45, 2.75) is 43.9 Å². The van der Waals surface area contributed by atoms with Crippen LogP contribution in [0.3, 0.4) is 0 Å². The first-order valence-electron chi connectivity index (χ1n) is 8.36. The van der Waals surface area contributed by atoms with Gasteiger partial charge in [0.2, 0.25) is 0 Å². The molecule has 2 atom stereocenters. The minimum absolute atomic E-state index is 0.226. The maximum Gasteiger partial charge on any atom is 0.490 e. The van der Waals surface area contributed by atoms with Crippen molar-refractivity contribution in [2.75, 3.05) is 11.9 Å². The van der Waals surface area contributed by atoms with Crippen molar-refractivity contribution in [3.63, 3.8) is 0 Å². The molecule has 4 nitrogen and oxygen atoms in total. The highest BCUT2D eigenvalue weighted by molar-refractivity contribution is 5.73. The largest absolute Gasteiger partial charge is 0.490 e. The summed E-state index contributed by atoms with van der Waals surface area (Å²) in [5.41, 5.74) is 3.83. The van der Waals surface area contributed by atoms with Crippen molar-refractivity contribution < 1.29 is 31.9 Å². The molecule has 1 aromatic rings. The second-order valence-corrected chi connectivity index (χ2v) is 6.91. The monoisotopic (exact) mass is 378 g/mol. The smallest absolute Gasteiger partial charge is 0.475 e. The van der Waals surface area contributed by atoms with Gasteiger partial charge in [-0.1, -0.05) is 6.07 Å². The summed E-state index contributed by atoms with van der Waals surface area (Å²) in [6, 6.07) is 6.66. The average Bonchev–Trinajstić information content (AvgIpc) is 2.91. The van der Waals surface area contributed by atoms with Crippen LogP contribution in [0.4, 0.5) is 27.6 Å². The molecule has 0 aromatic heterocycles. The van der Waals surface area contributed by atoms with E-state index < -0.39 is 18.1 Å². The third kappa shape index (κ3) is 3.92. The zero-order valence-electron chi connectivity index (χ0n) is 13.7. The van der Waals surface area contributed by atoms with Crippen LogP contribution in [0.25, 0.3) is 0 Å². The number of halogens is 5. The number of nitrogens with one attached hydrogen (secondary N) is 2. The van der Waals surface area contributed by atoms with Gasteiger partial charge in [0.25, 0.3) is 5.92 Å². The van der Waals surface area contributed by atoms with Crippen molar-refractivity contribution in [2.24, 2.45) is 11.8 Å². The molecule has 0 amide bonds. The zero-order valence-corrected chi connectivity index (χ0v) is 13.7. The minimum atomic E-state index is -5.08. The molecule has 0 bridgehead atoms. The summed E-state index contributed by atoms with van der Waals surface area (Å²) >= 11 is 0. The van der Waals surface area contributed by atoms with Gasteiger partial charge in [0.15, 0.2) is 0 Å². The lowest BCUT2D eigenvalue weighted by Crippen LogP contribution is -2.24. The Morgan fingerprint density at radius 3 is 2.38 bits per heavy atom. The van der Waals surface area contributed by atoms with Gasteiger partial charge in [-0.15, -0.1) is 0 Å². The van der Waals surface area contributed by atoms with Crippen molar-refractivity contribution >= 4 is 11.7 Å². The number of alkyl halides is 5. The quantitative estimate of drug-likeness (QED) is 0.691. The number of aliphatic carboxylic acids is 1. The van der Waals surface area contributed by atoms with E-state index >= 15 is 0 Å². The Labute approximate surface area is 146 Å². The molecular formula is C17H19F5N2O2. The van der Waals surface area contributed by atoms with Crippen molar-refractivity contribution in [1.82, 2.24) is 5.32 Å². The Balaban J connectivity index is 0.000000242. The van der Waals surface area contributed by atoms with E-state index in [0.717, 1.165) is 25.2 Å². The highest BCUT2D eigenvalue weighted by Crippen LogP contribution is 2.64. The number of carboxylic acids is 1. The third-order valence-electron chi connectivity index (χ3n) is 5.15. The van der Waals surface area contributed by atoms with Crippen LogP contribution < -0.4 is 10.6 Å². The molecule has 9 heteroatoms. The Morgan fingerprint density at radius 2 is 1.81 bits per heavy atom. The first kappa shape index (κ1) is 18.9. The van der Waals surface area contributed by atoms with E-state index in [4.69, 9.17) is 9.90 Å². The Hall–Kier alpha value is -1.90. The molecule has 2 aliphatic carbocycles. The summed E-state index contributed by atoms with van der Waals surface area (Å²) in [6.45, 7) is 1.96. The Kier molecular flexibility index (Phi) is 4.85. The van der Waals surface area contributed by atoms with Gasteiger partial charge in [-0.05, 0) is 49.1 Å². The number of carbonyl (C=O) groups is 1. The first-order chi connectivity index (χ1) is 12.1. The van der Waals surface area contributed by atoms with Crippen LogP contribution >= 0.6 is 0 Å². The summed E-state index contributed by atoms with van der Waals surface area (Å²) in [6.07, 6.45) is -2.77. The van der Waals surface area contributed by atoms with Crippen LogP contribution in [-0.4, -0.2) is 35.8 Å². The van der Waals surface area contributed by atoms with Crippen LogP contribution in [0.2, 0.25) is 0 Å². The SMILES string of the molecule is FC1(F)C2CC(Nc3ccc4c(c3)CNCC4)CC21.O=C(O)C(F)(F)F. The average molecular weight is 378 g/mol. The highest BCUT2D eigenvalue weighted by atomic mass is 19.4. The van der Waals surface area contributed by atoms with Crippen LogP contribution in [0, 0.1) is 11.8 Å². The summed E-state index contributed by atoms with van der Waals surface area (Å²) in [4.78, 5) is 8.90. The number of anilines is 1. The van der Waals surface area contributed by atoms with E-state index in [1.807, 2.05) is 0 Å². The predicted octanol–water partition coefficient (Wildman–Crippen LogP) is 3.42. The van der Waals surface area contributed by atoms with E-state index in [9.17, 15) is 22.0 Å². The first-order valence-corrected chi connectivity index (χ1v) is 8.36. The fourth-order valence-corrected chi connectivity index (χ4v) is 3.74. The highest BCUT2D eigenvalue weighted by Gasteiger charge is 2.71. The molecule has 144 valence electrons. The fourth-order valence-electron chi connectivity index (χ4n) is 3.74. The van der Waals surface area contributed by atoms with E-state index in [0.29, 0.717) is 12.8 Å². The van der Waals surface area contributed by atoms with Gasteiger partial charge < -0.3 is 15.7 Å². The van der Waals surface area contributed by atoms with Gasteiger partial charge in [-0.2, -0.15) is 13.2 Å². The minimum Gasteiger partial charge on any atom is -0.475 e. The molecule has 1 aliphatic heterocycles. The molecular weight excluding hydrogens is 359 g/mol. The van der Waals surface area contributed by atoms with Gasteiger partial charge in [0.1, 0.15) is 0 Å². The summed E-state index contributed by atoms with van der Waals surface area (Å²) in [5.74, 6) is -5.83. The molecule has 0 radical (unpaired) electrons. The molecule has 1 aromatic carbocycles. The molecule has 1 heterocycles. The molecule has 2 fully saturated rings. The molecule has 3 N–H and O–H groups in total. The van der Waals surface area contributed by atoms with Crippen LogP contribution in [0.15, 0.2) is 18.2 Å². The number of fused-ring (bicyclic) bond motifs is 2. The molecule has 2 unspecified atom stereocenters. The molecule has 0 spiro atoms. The van der Waals surface area contributed by atoms with Gasteiger partial charge in [0.05, 0.1) is 0 Å². The Morgan fingerprint density at radius 1 is 1.19 bits per heavy atom. The second kappa shape index (κ2) is 6.68. The van der Waals surface area contributed by atoms with E-state index in [1.165, 1.54) is 11.1 Å². The predicted molar refractivity (Wildman–Crippen MR) is 84.1 cm³/mol. The number of benzene rings is 1. The summed E-state index contributed by atoms with van der Waals surface area (Å²) < 4.78 is 58.0. The maximum atomic E-state index is 13.1. The lowest BCUT2D eigenvalue weighted by molar-refractivity contribution is -0.192. The van der Waals surface area contributed by atoms with Crippen molar-refractivity contribution in [3.8, 4) is 0 Å². The van der Waals surface area contributed by atoms with Crippen molar-refractivity contribution in [1.29, 1.82) is 0 Å². The number of hydrogen-bond acceptors (Lipinski definition) is 3. The van der Waals surface area contributed by atoms with E-state index in [1.54, 1.807) is 0 Å². The number of hydrogen-bond donors (Lipinski definition) is 3. The summed E-state index contributed by atoms with van der Waals surface area (Å²) in [5, 5.41) is 13.9. The molecule has 3 aliphatic rings. The molecule has 4 rings (SSSR count).